The Hall–Kier alpha value is -1.32. The van der Waals surface area contributed by atoms with E-state index < -0.39 is 11.7 Å². The lowest BCUT2D eigenvalue weighted by Gasteiger charge is -2.42. The van der Waals surface area contributed by atoms with Gasteiger partial charge in [-0.15, -0.1) is 0 Å². The van der Waals surface area contributed by atoms with Gasteiger partial charge >= 0.3 is 0 Å². The third-order valence-corrected chi connectivity index (χ3v) is 4.63. The van der Waals surface area contributed by atoms with Gasteiger partial charge in [0.05, 0.1) is 17.8 Å². The summed E-state index contributed by atoms with van der Waals surface area (Å²) in [6, 6.07) is 8.47. The van der Waals surface area contributed by atoms with E-state index in [1.165, 1.54) is 5.56 Å². The van der Waals surface area contributed by atoms with Gasteiger partial charge in [-0.25, -0.2) is 5.06 Å². The molecule has 0 aromatic heterocycles. The number of fused-ring (bicyclic) bond motifs is 3. The van der Waals surface area contributed by atoms with E-state index >= 15 is 0 Å². The van der Waals surface area contributed by atoms with Crippen LogP contribution in [0.4, 0.5) is 5.69 Å². The first kappa shape index (κ1) is 13.7. The molecule has 0 amide bonds. The maximum absolute atomic E-state index is 10.5. The zero-order valence-corrected chi connectivity index (χ0v) is 12.6. The van der Waals surface area contributed by atoms with Gasteiger partial charge in [0.1, 0.15) is 5.60 Å². The Morgan fingerprint density at radius 2 is 1.85 bits per heavy atom. The molecule has 2 aliphatic heterocycles. The Labute approximate surface area is 120 Å². The van der Waals surface area contributed by atoms with Crippen molar-refractivity contribution in [2.45, 2.75) is 51.9 Å². The van der Waals surface area contributed by atoms with E-state index in [4.69, 9.17) is 4.84 Å². The minimum Gasteiger partial charge on any atom is -0.390 e. The van der Waals surface area contributed by atoms with Gasteiger partial charge < -0.3 is 5.11 Å². The zero-order chi connectivity index (χ0) is 14.5. The van der Waals surface area contributed by atoms with Crippen LogP contribution in [0.1, 0.15) is 32.8 Å². The molecular weight excluding hydrogens is 250 g/mol. The Morgan fingerprint density at radius 1 is 1.20 bits per heavy atom. The zero-order valence-electron chi connectivity index (χ0n) is 12.6. The number of hydroxylamine groups is 1. The molecule has 0 unspecified atom stereocenters. The van der Waals surface area contributed by atoms with E-state index in [0.717, 1.165) is 12.1 Å². The molecule has 0 saturated carbocycles. The van der Waals surface area contributed by atoms with Crippen molar-refractivity contribution >= 4 is 5.69 Å². The first-order chi connectivity index (χ1) is 9.32. The van der Waals surface area contributed by atoms with Crippen LogP contribution < -0.4 is 5.06 Å². The number of nitrogens with zero attached hydrogens (tertiary/aromatic N) is 1. The maximum atomic E-state index is 10.5. The molecule has 0 radical (unpaired) electrons. The number of aryl methyl sites for hydroxylation is 1. The van der Waals surface area contributed by atoms with E-state index in [9.17, 15) is 5.11 Å². The minimum absolute atomic E-state index is 0.0466. The fourth-order valence-electron chi connectivity index (χ4n) is 3.14. The Morgan fingerprint density at radius 3 is 2.50 bits per heavy atom. The average Bonchev–Trinajstić information content (AvgIpc) is 2.50. The van der Waals surface area contributed by atoms with Gasteiger partial charge in [0.25, 0.3) is 0 Å². The molecule has 20 heavy (non-hydrogen) atoms. The lowest BCUT2D eigenvalue weighted by atomic mass is 9.79. The first-order valence-corrected chi connectivity index (χ1v) is 7.24. The molecule has 1 saturated heterocycles. The topological polar surface area (TPSA) is 32.7 Å². The van der Waals surface area contributed by atoms with Crippen LogP contribution in [0.25, 0.3) is 0 Å². The molecule has 1 aliphatic carbocycles. The second-order valence-electron chi connectivity index (χ2n) is 6.95. The molecule has 1 aromatic carbocycles. The molecule has 3 nitrogen and oxygen atoms in total. The molecule has 108 valence electrons. The predicted molar refractivity (Wildman–Crippen MR) is 80.5 cm³/mol. The van der Waals surface area contributed by atoms with Crippen LogP contribution in [0.2, 0.25) is 0 Å². The van der Waals surface area contributed by atoms with Gasteiger partial charge in [0.15, 0.2) is 0 Å². The van der Waals surface area contributed by atoms with Crippen LogP contribution in [0.15, 0.2) is 36.4 Å². The Kier molecular flexibility index (Phi) is 2.96. The van der Waals surface area contributed by atoms with Gasteiger partial charge in [0.2, 0.25) is 0 Å². The van der Waals surface area contributed by atoms with Crippen molar-refractivity contribution < 1.29 is 9.94 Å². The van der Waals surface area contributed by atoms with Crippen molar-refractivity contribution in [1.82, 2.24) is 0 Å². The smallest absolute Gasteiger partial charge is 0.137 e. The van der Waals surface area contributed by atoms with Gasteiger partial charge in [-0.3, -0.25) is 4.84 Å². The first-order valence-electron chi connectivity index (χ1n) is 7.24. The van der Waals surface area contributed by atoms with E-state index in [0.29, 0.717) is 0 Å². The summed E-state index contributed by atoms with van der Waals surface area (Å²) in [5, 5.41) is 12.4. The standard InChI is InChI=1S/C17H23NO2/c1-12-5-7-13(8-6-12)18-14-9-10-17(4,20-18)15(19)11-16(14,2)3/h5-10,14-15,19H,11H2,1-4H3/t14-,15+,17+/m1/s1. The number of aliphatic hydroxyl groups is 1. The van der Waals surface area contributed by atoms with Gasteiger partial charge in [-0.1, -0.05) is 37.6 Å². The van der Waals surface area contributed by atoms with Crippen molar-refractivity contribution in [3.63, 3.8) is 0 Å². The van der Waals surface area contributed by atoms with Gasteiger partial charge in [-0.2, -0.15) is 0 Å². The number of aliphatic hydroxyl groups excluding tert-OH is 1. The highest BCUT2D eigenvalue weighted by atomic mass is 16.7. The van der Waals surface area contributed by atoms with Crippen molar-refractivity contribution in [3.8, 4) is 0 Å². The summed E-state index contributed by atoms with van der Waals surface area (Å²) in [6.45, 7) is 8.40. The maximum Gasteiger partial charge on any atom is 0.137 e. The highest BCUT2D eigenvalue weighted by Gasteiger charge is 2.50. The molecule has 3 heteroatoms. The third-order valence-electron chi connectivity index (χ3n) is 4.63. The molecule has 3 atom stereocenters. The molecule has 2 heterocycles. The molecule has 3 aliphatic rings. The summed E-state index contributed by atoms with van der Waals surface area (Å²) in [5.41, 5.74) is 1.58. The van der Waals surface area contributed by atoms with Crippen LogP contribution in [-0.4, -0.2) is 22.9 Å². The predicted octanol–water partition coefficient (Wildman–Crippen LogP) is 3.22. The van der Waals surface area contributed by atoms with E-state index in [1.807, 2.05) is 18.1 Å². The fraction of sp³-hybridized carbons (Fsp3) is 0.529. The van der Waals surface area contributed by atoms with E-state index in [2.05, 4.69) is 51.1 Å². The number of rotatable bonds is 1. The monoisotopic (exact) mass is 273 g/mol. The summed E-state index contributed by atoms with van der Waals surface area (Å²) in [5.74, 6) is 0. The average molecular weight is 273 g/mol. The highest BCUT2D eigenvalue weighted by Crippen LogP contribution is 2.45. The summed E-state index contributed by atoms with van der Waals surface area (Å²) in [4.78, 5) is 6.17. The molecule has 2 bridgehead atoms. The lowest BCUT2D eigenvalue weighted by molar-refractivity contribution is -0.0887. The highest BCUT2D eigenvalue weighted by molar-refractivity contribution is 5.49. The molecule has 1 N–H and O–H groups in total. The largest absolute Gasteiger partial charge is 0.390 e. The van der Waals surface area contributed by atoms with Crippen LogP contribution in [0.3, 0.4) is 0 Å². The number of hydrogen-bond donors (Lipinski definition) is 1. The van der Waals surface area contributed by atoms with Crippen LogP contribution in [0, 0.1) is 12.3 Å². The second kappa shape index (κ2) is 4.34. The van der Waals surface area contributed by atoms with E-state index in [-0.39, 0.29) is 11.5 Å². The Balaban J connectivity index is 2.05. The summed E-state index contributed by atoms with van der Waals surface area (Å²) < 4.78 is 0. The van der Waals surface area contributed by atoms with E-state index in [1.54, 1.807) is 0 Å². The molecule has 0 spiro atoms. The van der Waals surface area contributed by atoms with Crippen LogP contribution in [0.5, 0.6) is 0 Å². The SMILES string of the molecule is Cc1ccc(N2O[C@@]3(C)C=C[C@@H]2C(C)(C)C[C@@H]3O)cc1. The quantitative estimate of drug-likeness (QED) is 0.797. The molecule has 4 rings (SSSR count). The third kappa shape index (κ3) is 2.05. The summed E-state index contributed by atoms with van der Waals surface area (Å²) >= 11 is 0. The normalized spacial score (nSPS) is 35.1. The van der Waals surface area contributed by atoms with Crippen LogP contribution in [-0.2, 0) is 4.84 Å². The van der Waals surface area contributed by atoms with Gasteiger partial charge in [-0.05, 0) is 43.9 Å². The van der Waals surface area contributed by atoms with Crippen LogP contribution >= 0.6 is 0 Å². The van der Waals surface area contributed by atoms with Crippen molar-refractivity contribution in [3.05, 3.63) is 42.0 Å². The van der Waals surface area contributed by atoms with Crippen molar-refractivity contribution in [2.75, 3.05) is 5.06 Å². The fourth-order valence-corrected chi connectivity index (χ4v) is 3.14. The summed E-state index contributed by atoms with van der Waals surface area (Å²) in [7, 11) is 0. The Bertz CT molecular complexity index is 534. The molecular formula is C17H23NO2. The number of benzene rings is 1. The minimum atomic E-state index is -0.644. The van der Waals surface area contributed by atoms with Crippen molar-refractivity contribution in [1.29, 1.82) is 0 Å². The summed E-state index contributed by atoms with van der Waals surface area (Å²) in [6.07, 6.45) is 4.43. The molecule has 1 fully saturated rings. The number of hydrogen-bond acceptors (Lipinski definition) is 3. The number of anilines is 1. The molecule has 1 aromatic rings. The van der Waals surface area contributed by atoms with Crippen molar-refractivity contribution in [2.24, 2.45) is 5.41 Å². The lowest BCUT2D eigenvalue weighted by Crippen LogP contribution is -2.49. The van der Waals surface area contributed by atoms with Gasteiger partial charge in [0, 0.05) is 0 Å². The second-order valence-corrected chi connectivity index (χ2v) is 6.95.